The van der Waals surface area contributed by atoms with Gasteiger partial charge in [0.15, 0.2) is 0 Å². The van der Waals surface area contributed by atoms with Gasteiger partial charge in [-0.25, -0.2) is 0 Å². The summed E-state index contributed by atoms with van der Waals surface area (Å²) in [6.07, 6.45) is 5.25. The van der Waals surface area contributed by atoms with Crippen LogP contribution in [0.3, 0.4) is 0 Å². The van der Waals surface area contributed by atoms with E-state index in [1.807, 2.05) is 0 Å². The Bertz CT molecular complexity index is 211. The number of likely N-dealkylation sites (tertiary alicyclic amines) is 1. The molecule has 100 valence electrons. The first-order valence-electron chi connectivity index (χ1n) is 7.30. The summed E-state index contributed by atoms with van der Waals surface area (Å²) in [5.74, 6) is 0.906. The van der Waals surface area contributed by atoms with Crippen molar-refractivity contribution in [2.45, 2.75) is 46.5 Å². The van der Waals surface area contributed by atoms with E-state index in [2.05, 4.69) is 37.1 Å². The Hall–Kier alpha value is -0.500. The van der Waals surface area contributed by atoms with Crippen LogP contribution in [-0.2, 0) is 0 Å². The molecule has 1 aliphatic rings. The zero-order chi connectivity index (χ0) is 12.7. The second-order valence-corrected chi connectivity index (χ2v) is 5.47. The fourth-order valence-electron chi connectivity index (χ4n) is 2.79. The van der Waals surface area contributed by atoms with E-state index in [0.717, 1.165) is 5.92 Å². The van der Waals surface area contributed by atoms with E-state index in [-0.39, 0.29) is 0 Å². The first kappa shape index (κ1) is 14.6. The standard InChI is InChI=1S/C15H30N2/c1-5-9-16(10-6-2)13-15-7-11-17(12-8-15)14(3)4/h15H,3,5-13H2,1-2,4H3. The van der Waals surface area contributed by atoms with Gasteiger partial charge in [0.25, 0.3) is 0 Å². The van der Waals surface area contributed by atoms with E-state index in [1.54, 1.807) is 0 Å². The Morgan fingerprint density at radius 2 is 1.71 bits per heavy atom. The van der Waals surface area contributed by atoms with Crippen LogP contribution in [0.1, 0.15) is 46.5 Å². The minimum absolute atomic E-state index is 0.906. The van der Waals surface area contributed by atoms with Crippen LogP contribution in [0.2, 0.25) is 0 Å². The van der Waals surface area contributed by atoms with Crippen molar-refractivity contribution in [2.24, 2.45) is 5.92 Å². The molecule has 1 saturated heterocycles. The van der Waals surface area contributed by atoms with Crippen LogP contribution in [0.15, 0.2) is 12.3 Å². The van der Waals surface area contributed by atoms with Crippen molar-refractivity contribution in [2.75, 3.05) is 32.7 Å². The normalized spacial score (nSPS) is 17.8. The van der Waals surface area contributed by atoms with E-state index in [4.69, 9.17) is 0 Å². The zero-order valence-electron chi connectivity index (χ0n) is 12.0. The van der Waals surface area contributed by atoms with E-state index >= 15 is 0 Å². The van der Waals surface area contributed by atoms with Gasteiger partial charge < -0.3 is 9.80 Å². The second-order valence-electron chi connectivity index (χ2n) is 5.47. The Balaban J connectivity index is 2.30. The molecule has 0 aromatic heterocycles. The summed E-state index contributed by atoms with van der Waals surface area (Å²) >= 11 is 0. The molecule has 1 fully saturated rings. The molecule has 1 heterocycles. The second kappa shape index (κ2) is 7.75. The van der Waals surface area contributed by atoms with Crippen LogP contribution >= 0.6 is 0 Å². The summed E-state index contributed by atoms with van der Waals surface area (Å²) < 4.78 is 0. The van der Waals surface area contributed by atoms with Gasteiger partial charge in [-0.2, -0.15) is 0 Å². The molecular weight excluding hydrogens is 208 g/mol. The third-order valence-corrected chi connectivity index (χ3v) is 3.75. The third-order valence-electron chi connectivity index (χ3n) is 3.75. The molecule has 0 bridgehead atoms. The van der Waals surface area contributed by atoms with Crippen molar-refractivity contribution in [3.8, 4) is 0 Å². The van der Waals surface area contributed by atoms with Crippen molar-refractivity contribution in [3.63, 3.8) is 0 Å². The maximum absolute atomic E-state index is 4.04. The van der Waals surface area contributed by atoms with Gasteiger partial charge in [0, 0.05) is 25.3 Å². The average molecular weight is 238 g/mol. The Kier molecular flexibility index (Phi) is 6.64. The molecule has 0 N–H and O–H groups in total. The van der Waals surface area contributed by atoms with Crippen LogP contribution in [0.25, 0.3) is 0 Å². The first-order chi connectivity index (χ1) is 8.17. The van der Waals surface area contributed by atoms with Crippen molar-refractivity contribution >= 4 is 0 Å². The van der Waals surface area contributed by atoms with E-state index in [9.17, 15) is 0 Å². The number of rotatable bonds is 7. The number of nitrogens with zero attached hydrogens (tertiary/aromatic N) is 2. The van der Waals surface area contributed by atoms with Gasteiger partial charge >= 0.3 is 0 Å². The lowest BCUT2D eigenvalue weighted by atomic mass is 9.95. The molecule has 0 aliphatic carbocycles. The molecular formula is C15H30N2. The molecule has 1 rings (SSSR count). The molecule has 0 unspecified atom stereocenters. The average Bonchev–Trinajstić information content (AvgIpc) is 2.30. The smallest absolute Gasteiger partial charge is 0.0177 e. The largest absolute Gasteiger partial charge is 0.376 e. The monoisotopic (exact) mass is 238 g/mol. The SMILES string of the molecule is C=C(C)N1CCC(CN(CCC)CCC)CC1. The van der Waals surface area contributed by atoms with Gasteiger partial charge in [-0.1, -0.05) is 20.4 Å². The molecule has 0 spiro atoms. The van der Waals surface area contributed by atoms with Crippen LogP contribution in [0.4, 0.5) is 0 Å². The van der Waals surface area contributed by atoms with Crippen LogP contribution in [0, 0.1) is 5.92 Å². The van der Waals surface area contributed by atoms with Crippen LogP contribution < -0.4 is 0 Å². The predicted molar refractivity (Wildman–Crippen MR) is 76.1 cm³/mol. The van der Waals surface area contributed by atoms with Crippen LogP contribution in [0.5, 0.6) is 0 Å². The molecule has 0 atom stereocenters. The number of piperidine rings is 1. The van der Waals surface area contributed by atoms with Gasteiger partial charge in [0.2, 0.25) is 0 Å². The lowest BCUT2D eigenvalue weighted by molar-refractivity contribution is 0.164. The molecule has 2 nitrogen and oxygen atoms in total. The summed E-state index contributed by atoms with van der Waals surface area (Å²) in [5.41, 5.74) is 1.24. The third kappa shape index (κ3) is 5.12. The number of allylic oxidation sites excluding steroid dienone is 1. The molecule has 1 aliphatic heterocycles. The maximum atomic E-state index is 4.04. The maximum Gasteiger partial charge on any atom is 0.0177 e. The van der Waals surface area contributed by atoms with Crippen molar-refractivity contribution in [1.29, 1.82) is 0 Å². The van der Waals surface area contributed by atoms with Gasteiger partial charge in [0.1, 0.15) is 0 Å². The summed E-state index contributed by atoms with van der Waals surface area (Å²) in [5, 5.41) is 0. The minimum Gasteiger partial charge on any atom is -0.376 e. The number of hydrogen-bond acceptors (Lipinski definition) is 2. The quantitative estimate of drug-likeness (QED) is 0.671. The van der Waals surface area contributed by atoms with Gasteiger partial charge in [-0.05, 0) is 51.6 Å². The highest BCUT2D eigenvalue weighted by molar-refractivity contribution is 4.91. The fraction of sp³-hybridized carbons (Fsp3) is 0.867. The summed E-state index contributed by atoms with van der Waals surface area (Å²) in [6.45, 7) is 17.0. The first-order valence-corrected chi connectivity index (χ1v) is 7.30. The minimum atomic E-state index is 0.906. The van der Waals surface area contributed by atoms with Crippen molar-refractivity contribution in [3.05, 3.63) is 12.3 Å². The molecule has 17 heavy (non-hydrogen) atoms. The fourth-order valence-corrected chi connectivity index (χ4v) is 2.79. The van der Waals surface area contributed by atoms with Crippen LogP contribution in [-0.4, -0.2) is 42.5 Å². The Morgan fingerprint density at radius 1 is 1.18 bits per heavy atom. The molecule has 0 amide bonds. The predicted octanol–water partition coefficient (Wildman–Crippen LogP) is 3.35. The highest BCUT2D eigenvalue weighted by atomic mass is 15.2. The van der Waals surface area contributed by atoms with Crippen molar-refractivity contribution < 1.29 is 0 Å². The molecule has 0 aromatic rings. The highest BCUT2D eigenvalue weighted by Crippen LogP contribution is 2.20. The van der Waals surface area contributed by atoms with Crippen molar-refractivity contribution in [1.82, 2.24) is 9.80 Å². The Labute approximate surface area is 108 Å². The molecule has 2 heteroatoms. The van der Waals surface area contributed by atoms with Gasteiger partial charge in [-0.3, -0.25) is 0 Å². The summed E-state index contributed by atoms with van der Waals surface area (Å²) in [4.78, 5) is 5.08. The van der Waals surface area contributed by atoms with E-state index < -0.39 is 0 Å². The summed E-state index contributed by atoms with van der Waals surface area (Å²) in [6, 6.07) is 0. The van der Waals surface area contributed by atoms with E-state index in [0.29, 0.717) is 0 Å². The lowest BCUT2D eigenvalue weighted by Gasteiger charge is -2.36. The lowest BCUT2D eigenvalue weighted by Crippen LogP contribution is -2.38. The molecule has 0 radical (unpaired) electrons. The van der Waals surface area contributed by atoms with E-state index in [1.165, 1.54) is 64.1 Å². The molecule has 0 saturated carbocycles. The zero-order valence-corrected chi connectivity index (χ0v) is 12.0. The van der Waals surface area contributed by atoms with Gasteiger partial charge in [-0.15, -0.1) is 0 Å². The summed E-state index contributed by atoms with van der Waals surface area (Å²) in [7, 11) is 0. The van der Waals surface area contributed by atoms with Gasteiger partial charge in [0.05, 0.1) is 0 Å². The highest BCUT2D eigenvalue weighted by Gasteiger charge is 2.20. The number of hydrogen-bond donors (Lipinski definition) is 0. The Morgan fingerprint density at radius 3 is 2.12 bits per heavy atom. The molecule has 0 aromatic carbocycles. The topological polar surface area (TPSA) is 6.48 Å².